The molecule has 156 valence electrons. The summed E-state index contributed by atoms with van der Waals surface area (Å²) in [7, 11) is 0. The van der Waals surface area contributed by atoms with Crippen LogP contribution < -0.4 is 10.6 Å². The van der Waals surface area contributed by atoms with E-state index < -0.39 is 0 Å². The minimum absolute atomic E-state index is 0.0328. The molecule has 3 aromatic rings. The van der Waals surface area contributed by atoms with Crippen molar-refractivity contribution in [1.29, 1.82) is 0 Å². The number of nitrogens with zero attached hydrogens (tertiary/aromatic N) is 2. The quantitative estimate of drug-likeness (QED) is 0.548. The number of hydrogen-bond donors (Lipinski definition) is 2. The lowest BCUT2D eigenvalue weighted by atomic mass is 10.1. The summed E-state index contributed by atoms with van der Waals surface area (Å²) in [6.45, 7) is 3.14. The van der Waals surface area contributed by atoms with Gasteiger partial charge in [0.15, 0.2) is 5.13 Å². The standard InChI is InChI=1S/C22H24N4O3S/c1-15-14-30-22(23-15)25-20(27)13-26(12-19-3-2-10-29-19)11-16-4-6-17(7-5-16)21(28)24-18-8-9-18/h2-7,10,14,18H,8-9,11-13H2,1H3,(H,24,28)(H,23,25,27). The first-order valence-electron chi connectivity index (χ1n) is 9.92. The third-order valence-electron chi connectivity index (χ3n) is 4.73. The van der Waals surface area contributed by atoms with Gasteiger partial charge in [-0.15, -0.1) is 11.3 Å². The Hall–Kier alpha value is -2.97. The van der Waals surface area contributed by atoms with E-state index in [1.165, 1.54) is 11.3 Å². The molecule has 0 bridgehead atoms. The van der Waals surface area contributed by atoms with Crippen LogP contribution in [0.15, 0.2) is 52.5 Å². The molecule has 0 aliphatic heterocycles. The number of rotatable bonds is 9. The zero-order valence-corrected chi connectivity index (χ0v) is 17.6. The van der Waals surface area contributed by atoms with Gasteiger partial charge in [0.1, 0.15) is 5.76 Å². The second-order valence-electron chi connectivity index (χ2n) is 7.51. The van der Waals surface area contributed by atoms with Crippen molar-refractivity contribution in [2.24, 2.45) is 0 Å². The minimum Gasteiger partial charge on any atom is -0.468 e. The first kappa shape index (κ1) is 20.3. The number of aromatic nitrogens is 1. The summed E-state index contributed by atoms with van der Waals surface area (Å²) >= 11 is 1.41. The molecular weight excluding hydrogens is 400 g/mol. The van der Waals surface area contributed by atoms with E-state index in [-0.39, 0.29) is 18.4 Å². The van der Waals surface area contributed by atoms with Crippen LogP contribution in [0, 0.1) is 6.92 Å². The first-order chi connectivity index (χ1) is 14.5. The fourth-order valence-electron chi connectivity index (χ4n) is 3.08. The zero-order valence-electron chi connectivity index (χ0n) is 16.8. The maximum Gasteiger partial charge on any atom is 0.251 e. The molecule has 2 N–H and O–H groups in total. The predicted octanol–water partition coefficient (Wildman–Crippen LogP) is 3.58. The summed E-state index contributed by atoms with van der Waals surface area (Å²) < 4.78 is 5.46. The van der Waals surface area contributed by atoms with Crippen LogP contribution in [-0.2, 0) is 17.9 Å². The minimum atomic E-state index is -0.128. The number of aryl methyl sites for hydroxylation is 1. The first-order valence-corrected chi connectivity index (χ1v) is 10.8. The van der Waals surface area contributed by atoms with Gasteiger partial charge < -0.3 is 15.1 Å². The molecule has 1 aromatic carbocycles. The van der Waals surface area contributed by atoms with Crippen LogP contribution in [0.4, 0.5) is 5.13 Å². The van der Waals surface area contributed by atoms with E-state index in [4.69, 9.17) is 4.42 Å². The van der Waals surface area contributed by atoms with Crippen LogP contribution in [0.5, 0.6) is 0 Å². The van der Waals surface area contributed by atoms with Crippen LogP contribution in [0.25, 0.3) is 0 Å². The van der Waals surface area contributed by atoms with E-state index in [1.807, 2.05) is 53.6 Å². The number of nitrogens with one attached hydrogen (secondary N) is 2. The number of anilines is 1. The third-order valence-corrected chi connectivity index (χ3v) is 5.60. The van der Waals surface area contributed by atoms with E-state index in [0.717, 1.165) is 29.9 Å². The lowest BCUT2D eigenvalue weighted by Crippen LogP contribution is -2.32. The maximum absolute atomic E-state index is 12.5. The van der Waals surface area contributed by atoms with E-state index in [2.05, 4.69) is 15.6 Å². The number of benzene rings is 1. The average Bonchev–Trinajstić information content (AvgIpc) is 3.20. The van der Waals surface area contributed by atoms with Gasteiger partial charge in [-0.3, -0.25) is 14.5 Å². The van der Waals surface area contributed by atoms with Gasteiger partial charge in [0.2, 0.25) is 5.91 Å². The molecule has 8 heteroatoms. The van der Waals surface area contributed by atoms with Crippen molar-refractivity contribution in [1.82, 2.24) is 15.2 Å². The summed E-state index contributed by atoms with van der Waals surface area (Å²) in [6.07, 6.45) is 3.75. The van der Waals surface area contributed by atoms with Crippen LogP contribution >= 0.6 is 11.3 Å². The predicted molar refractivity (Wildman–Crippen MR) is 115 cm³/mol. The Morgan fingerprint density at radius 2 is 2.00 bits per heavy atom. The van der Waals surface area contributed by atoms with E-state index in [9.17, 15) is 9.59 Å². The molecule has 0 atom stereocenters. The van der Waals surface area contributed by atoms with Crippen molar-refractivity contribution in [3.05, 3.63) is 70.6 Å². The van der Waals surface area contributed by atoms with Gasteiger partial charge in [0, 0.05) is 23.5 Å². The topological polar surface area (TPSA) is 87.5 Å². The van der Waals surface area contributed by atoms with Crippen LogP contribution in [0.2, 0.25) is 0 Å². The Morgan fingerprint density at radius 1 is 1.20 bits per heavy atom. The zero-order chi connectivity index (χ0) is 20.9. The van der Waals surface area contributed by atoms with Gasteiger partial charge in [-0.1, -0.05) is 12.1 Å². The number of furan rings is 1. The maximum atomic E-state index is 12.5. The van der Waals surface area contributed by atoms with E-state index >= 15 is 0 Å². The highest BCUT2D eigenvalue weighted by molar-refractivity contribution is 7.13. The molecule has 2 amide bonds. The summed E-state index contributed by atoms with van der Waals surface area (Å²) in [6, 6.07) is 11.6. The number of hydrogen-bond acceptors (Lipinski definition) is 6. The molecule has 0 radical (unpaired) electrons. The lowest BCUT2D eigenvalue weighted by molar-refractivity contribution is -0.117. The Kier molecular flexibility index (Phi) is 6.25. The summed E-state index contributed by atoms with van der Waals surface area (Å²) in [5, 5.41) is 8.34. The highest BCUT2D eigenvalue weighted by atomic mass is 32.1. The Balaban J connectivity index is 1.39. The second kappa shape index (κ2) is 9.23. The lowest BCUT2D eigenvalue weighted by Gasteiger charge is -2.20. The van der Waals surface area contributed by atoms with Gasteiger partial charge >= 0.3 is 0 Å². The van der Waals surface area contributed by atoms with Gasteiger partial charge in [0.05, 0.1) is 25.0 Å². The second-order valence-corrected chi connectivity index (χ2v) is 8.37. The molecule has 0 unspecified atom stereocenters. The van der Waals surface area contributed by atoms with Gasteiger partial charge in [-0.05, 0) is 49.6 Å². The SMILES string of the molecule is Cc1csc(NC(=O)CN(Cc2ccc(C(=O)NC3CC3)cc2)Cc2ccco2)n1. The van der Waals surface area contributed by atoms with Crippen molar-refractivity contribution in [2.45, 2.75) is 38.9 Å². The molecule has 0 spiro atoms. The smallest absolute Gasteiger partial charge is 0.251 e. The van der Waals surface area contributed by atoms with Crippen LogP contribution in [0.3, 0.4) is 0 Å². The molecule has 2 aromatic heterocycles. The monoisotopic (exact) mass is 424 g/mol. The molecule has 0 saturated heterocycles. The molecule has 1 saturated carbocycles. The molecule has 2 heterocycles. The summed E-state index contributed by atoms with van der Waals surface area (Å²) in [5.41, 5.74) is 2.55. The molecule has 1 fully saturated rings. The number of amides is 2. The van der Waals surface area contributed by atoms with Gasteiger partial charge in [-0.25, -0.2) is 4.98 Å². The normalized spacial score (nSPS) is 13.4. The number of thiazole rings is 1. The largest absolute Gasteiger partial charge is 0.468 e. The molecular formula is C22H24N4O3S. The molecule has 1 aliphatic rings. The number of carbonyl (C=O) groups is 2. The Labute approximate surface area is 179 Å². The fourth-order valence-corrected chi connectivity index (χ4v) is 3.78. The van der Waals surface area contributed by atoms with Gasteiger partial charge in [-0.2, -0.15) is 0 Å². The highest BCUT2D eigenvalue weighted by Gasteiger charge is 2.23. The third kappa shape index (κ3) is 5.77. The Morgan fingerprint density at radius 3 is 2.63 bits per heavy atom. The fraction of sp³-hybridized carbons (Fsp3) is 0.318. The Bertz CT molecular complexity index is 994. The van der Waals surface area contributed by atoms with Crippen molar-refractivity contribution < 1.29 is 14.0 Å². The molecule has 7 nitrogen and oxygen atoms in total. The molecule has 1 aliphatic carbocycles. The number of carbonyl (C=O) groups excluding carboxylic acids is 2. The summed E-state index contributed by atoms with van der Waals surface area (Å²) in [5.74, 6) is 0.624. The van der Waals surface area contributed by atoms with E-state index in [0.29, 0.717) is 29.8 Å². The van der Waals surface area contributed by atoms with Crippen molar-refractivity contribution in [2.75, 3.05) is 11.9 Å². The highest BCUT2D eigenvalue weighted by Crippen LogP contribution is 2.20. The van der Waals surface area contributed by atoms with Crippen molar-refractivity contribution in [3.8, 4) is 0 Å². The van der Waals surface area contributed by atoms with Crippen LogP contribution in [-0.4, -0.2) is 34.3 Å². The average molecular weight is 425 g/mol. The van der Waals surface area contributed by atoms with Crippen molar-refractivity contribution in [3.63, 3.8) is 0 Å². The van der Waals surface area contributed by atoms with Crippen molar-refractivity contribution >= 4 is 28.3 Å². The molecule has 4 rings (SSSR count). The van der Waals surface area contributed by atoms with Crippen LogP contribution in [0.1, 0.15) is 40.2 Å². The summed E-state index contributed by atoms with van der Waals surface area (Å²) in [4.78, 5) is 31.0. The van der Waals surface area contributed by atoms with Gasteiger partial charge in [0.25, 0.3) is 5.91 Å². The van der Waals surface area contributed by atoms with E-state index in [1.54, 1.807) is 6.26 Å². The molecule has 30 heavy (non-hydrogen) atoms.